The molecule has 0 aliphatic carbocycles. The summed E-state index contributed by atoms with van der Waals surface area (Å²) in [7, 11) is -5.48. The van der Waals surface area contributed by atoms with Crippen LogP contribution in [0.3, 0.4) is 0 Å². The number of para-hydroxylation sites is 3. The Morgan fingerprint density at radius 3 is 1.28 bits per heavy atom. The van der Waals surface area contributed by atoms with Gasteiger partial charge in [-0.3, -0.25) is 0 Å². The van der Waals surface area contributed by atoms with Gasteiger partial charge in [0.2, 0.25) is 0 Å². The molecular formula is C60H44N2Si2. The van der Waals surface area contributed by atoms with E-state index in [-0.39, 0.29) is 0 Å². The van der Waals surface area contributed by atoms with Crippen molar-refractivity contribution in [2.24, 2.45) is 0 Å². The van der Waals surface area contributed by atoms with Crippen molar-refractivity contribution >= 4 is 96.5 Å². The van der Waals surface area contributed by atoms with E-state index in [0.717, 1.165) is 11.4 Å². The SMILES string of the molecule is c1ccc([Si](c2ccccc2)(c2ccccc2)c2cccc(-n3c4ccccc4c4cc(N5c6ccccc6[Si](c6ccccc6)(c6ccccc6)c6ccccc65)ccc43)c2)cc1. The van der Waals surface area contributed by atoms with E-state index < -0.39 is 16.1 Å². The Bertz CT molecular complexity index is 3260. The highest BCUT2D eigenvalue weighted by molar-refractivity contribution is 7.21. The Morgan fingerprint density at radius 1 is 0.297 bits per heavy atom. The highest BCUT2D eigenvalue weighted by Crippen LogP contribution is 2.41. The standard InChI is InChI=1S/C60H44N2Si2/c1-6-24-47(25-7-1)63(48-26-8-2-9-27-48,49-28-10-3-11-29-49)52-34-22-23-45(43-52)61-55-36-17-16-35-53(55)54-44-46(41-42-56(54)61)62-57-37-18-20-39-59(57)64(50-30-12-4-13-31-50,51-32-14-5-15-33-51)60-40-21-19-38-58(60)62/h1-44H. The minimum Gasteiger partial charge on any atom is -0.311 e. The van der Waals surface area contributed by atoms with E-state index in [9.17, 15) is 0 Å². The van der Waals surface area contributed by atoms with Crippen molar-refractivity contribution in [1.29, 1.82) is 0 Å². The summed E-state index contributed by atoms with van der Waals surface area (Å²) in [6.07, 6.45) is 0. The maximum Gasteiger partial charge on any atom is 0.184 e. The highest BCUT2D eigenvalue weighted by atomic mass is 28.3. The van der Waals surface area contributed by atoms with E-state index in [1.807, 2.05) is 0 Å². The molecule has 2 heterocycles. The summed E-state index contributed by atoms with van der Waals surface area (Å²) in [6.45, 7) is 0. The van der Waals surface area contributed by atoms with Crippen molar-refractivity contribution in [3.8, 4) is 5.69 Å². The number of anilines is 3. The molecule has 64 heavy (non-hydrogen) atoms. The molecule has 0 fully saturated rings. The third-order valence-corrected chi connectivity index (χ3v) is 23.2. The Balaban J connectivity index is 1.08. The second-order valence-electron chi connectivity index (χ2n) is 16.8. The van der Waals surface area contributed by atoms with Gasteiger partial charge in [-0.25, -0.2) is 0 Å². The lowest BCUT2D eigenvalue weighted by atomic mass is 10.1. The average Bonchev–Trinajstić information content (AvgIpc) is 3.71. The minimum atomic E-state index is -2.76. The summed E-state index contributed by atoms with van der Waals surface area (Å²) in [5, 5.41) is 13.5. The Morgan fingerprint density at radius 2 is 0.734 bits per heavy atom. The molecule has 0 saturated carbocycles. The first kappa shape index (κ1) is 38.0. The summed E-state index contributed by atoms with van der Waals surface area (Å²) < 4.78 is 2.49. The lowest BCUT2D eigenvalue weighted by Gasteiger charge is -2.45. The van der Waals surface area contributed by atoms with Crippen LogP contribution in [0.2, 0.25) is 0 Å². The first-order valence-corrected chi connectivity index (χ1v) is 26.2. The molecule has 0 atom stereocenters. The van der Waals surface area contributed by atoms with E-state index in [1.165, 1.54) is 74.7 Å². The van der Waals surface area contributed by atoms with Crippen molar-refractivity contribution in [2.45, 2.75) is 0 Å². The van der Waals surface area contributed by atoms with Gasteiger partial charge >= 0.3 is 0 Å². The van der Waals surface area contributed by atoms with Crippen LogP contribution in [0.1, 0.15) is 0 Å². The van der Waals surface area contributed by atoms with Gasteiger partial charge in [0.15, 0.2) is 16.1 Å². The van der Waals surface area contributed by atoms with Crippen LogP contribution in [0.4, 0.5) is 17.1 Å². The molecule has 0 radical (unpaired) electrons. The molecule has 11 aromatic rings. The molecule has 4 heteroatoms. The fourth-order valence-electron chi connectivity index (χ4n) is 11.0. The zero-order valence-corrected chi connectivity index (χ0v) is 37.3. The molecule has 302 valence electrons. The van der Waals surface area contributed by atoms with Crippen LogP contribution in [-0.2, 0) is 0 Å². The van der Waals surface area contributed by atoms with E-state index in [2.05, 4.69) is 276 Å². The highest BCUT2D eigenvalue weighted by Gasteiger charge is 2.48. The topological polar surface area (TPSA) is 8.17 Å². The minimum absolute atomic E-state index is 1.15. The molecule has 2 nitrogen and oxygen atoms in total. The average molecular weight is 849 g/mol. The Labute approximate surface area is 376 Å². The largest absolute Gasteiger partial charge is 0.311 e. The van der Waals surface area contributed by atoms with E-state index in [1.54, 1.807) is 0 Å². The van der Waals surface area contributed by atoms with Crippen LogP contribution in [0.15, 0.2) is 267 Å². The maximum atomic E-state index is 2.52. The van der Waals surface area contributed by atoms with Gasteiger partial charge < -0.3 is 9.47 Å². The number of fused-ring (bicyclic) bond motifs is 5. The zero-order chi connectivity index (χ0) is 42.5. The molecule has 0 unspecified atom stereocenters. The van der Waals surface area contributed by atoms with E-state index >= 15 is 0 Å². The van der Waals surface area contributed by atoms with Crippen LogP contribution in [0, 0.1) is 0 Å². The fraction of sp³-hybridized carbons (Fsp3) is 0. The van der Waals surface area contributed by atoms with Crippen LogP contribution < -0.4 is 46.4 Å². The number of benzene rings is 10. The van der Waals surface area contributed by atoms with Gasteiger partial charge in [0.25, 0.3) is 0 Å². The molecule has 1 aliphatic rings. The van der Waals surface area contributed by atoms with Gasteiger partial charge in [-0.05, 0) is 90.0 Å². The lowest BCUT2D eigenvalue weighted by Crippen LogP contribution is -2.77. The molecule has 1 aromatic heterocycles. The summed E-state index contributed by atoms with van der Waals surface area (Å²) in [4.78, 5) is 2.52. The fourth-order valence-corrected chi connectivity index (χ4v) is 20.9. The van der Waals surface area contributed by atoms with Crippen molar-refractivity contribution in [3.05, 3.63) is 267 Å². The Hall–Kier alpha value is -7.77. The molecule has 0 saturated heterocycles. The van der Waals surface area contributed by atoms with Crippen molar-refractivity contribution in [2.75, 3.05) is 4.90 Å². The van der Waals surface area contributed by atoms with E-state index in [0.29, 0.717) is 0 Å². The summed E-state index contributed by atoms with van der Waals surface area (Å²) in [5.74, 6) is 0. The molecule has 0 bridgehead atoms. The van der Waals surface area contributed by atoms with Crippen LogP contribution >= 0.6 is 0 Å². The molecule has 0 spiro atoms. The second kappa shape index (κ2) is 15.5. The first-order chi connectivity index (χ1) is 31.8. The number of rotatable bonds is 8. The Kier molecular flexibility index (Phi) is 9.22. The summed E-state index contributed by atoms with van der Waals surface area (Å²) in [6, 6.07) is 99.9. The van der Waals surface area contributed by atoms with Gasteiger partial charge in [-0.2, -0.15) is 0 Å². The summed E-state index contributed by atoms with van der Waals surface area (Å²) in [5.41, 5.74) is 7.16. The van der Waals surface area contributed by atoms with Crippen molar-refractivity contribution in [3.63, 3.8) is 0 Å². The quantitative estimate of drug-likeness (QED) is 0.109. The van der Waals surface area contributed by atoms with Gasteiger partial charge in [0.05, 0.1) is 11.0 Å². The van der Waals surface area contributed by atoms with E-state index in [4.69, 9.17) is 0 Å². The van der Waals surface area contributed by atoms with Crippen molar-refractivity contribution < 1.29 is 0 Å². The molecular weight excluding hydrogens is 805 g/mol. The molecule has 0 N–H and O–H groups in total. The normalized spacial score (nSPS) is 13.1. The molecule has 10 aromatic carbocycles. The molecule has 0 amide bonds. The predicted molar refractivity (Wildman–Crippen MR) is 276 cm³/mol. The lowest BCUT2D eigenvalue weighted by molar-refractivity contribution is 1.18. The monoisotopic (exact) mass is 848 g/mol. The van der Waals surface area contributed by atoms with Gasteiger partial charge in [0, 0.05) is 33.5 Å². The van der Waals surface area contributed by atoms with Crippen LogP contribution in [0.25, 0.3) is 27.5 Å². The van der Waals surface area contributed by atoms with Crippen molar-refractivity contribution in [1.82, 2.24) is 4.57 Å². The van der Waals surface area contributed by atoms with Gasteiger partial charge in [-0.1, -0.05) is 218 Å². The number of nitrogens with zero attached hydrogens (tertiary/aromatic N) is 2. The second-order valence-corrected chi connectivity index (χ2v) is 24.3. The maximum absolute atomic E-state index is 2.76. The first-order valence-electron chi connectivity index (χ1n) is 22.2. The van der Waals surface area contributed by atoms with Crippen LogP contribution in [-0.4, -0.2) is 20.7 Å². The van der Waals surface area contributed by atoms with Gasteiger partial charge in [-0.15, -0.1) is 0 Å². The zero-order valence-electron chi connectivity index (χ0n) is 35.3. The third-order valence-electron chi connectivity index (χ3n) is 13.6. The third kappa shape index (κ3) is 5.70. The molecule has 1 aliphatic heterocycles. The number of hydrogen-bond acceptors (Lipinski definition) is 1. The number of hydrogen-bond donors (Lipinski definition) is 0. The number of aromatic nitrogens is 1. The van der Waals surface area contributed by atoms with Gasteiger partial charge in [0.1, 0.15) is 0 Å². The summed E-state index contributed by atoms with van der Waals surface area (Å²) >= 11 is 0. The van der Waals surface area contributed by atoms with Crippen LogP contribution in [0.5, 0.6) is 0 Å². The smallest absolute Gasteiger partial charge is 0.184 e. The molecule has 12 rings (SSSR count). The predicted octanol–water partition coefficient (Wildman–Crippen LogP) is 9.32.